The number of benzene rings is 1. The number of halogens is 2. The predicted molar refractivity (Wildman–Crippen MR) is 73.9 cm³/mol. The number of methoxy groups -OCH3 is 1. The van der Waals surface area contributed by atoms with Crippen molar-refractivity contribution < 1.29 is 4.74 Å². The van der Waals surface area contributed by atoms with E-state index in [1.54, 1.807) is 7.11 Å². The lowest BCUT2D eigenvalue weighted by molar-refractivity contribution is 0.415. The molecule has 0 amide bonds. The molecule has 92 valence electrons. The highest BCUT2D eigenvalue weighted by Gasteiger charge is 2.09. The normalized spacial score (nSPS) is 11.6. The molecule has 0 aliphatic rings. The monoisotopic (exact) mass is 270 g/mol. The van der Waals surface area contributed by atoms with Gasteiger partial charge in [0.25, 0.3) is 0 Å². The molecule has 0 fully saturated rings. The fourth-order valence-electron chi connectivity index (χ4n) is 1.61. The lowest BCUT2D eigenvalue weighted by atomic mass is 10.0. The third-order valence-electron chi connectivity index (χ3n) is 2.33. The van der Waals surface area contributed by atoms with Crippen LogP contribution in [0.3, 0.4) is 0 Å². The van der Waals surface area contributed by atoms with Crippen LogP contribution in [0, 0.1) is 17.8 Å². The van der Waals surface area contributed by atoms with Gasteiger partial charge in [0, 0.05) is 12.3 Å². The number of hydrogen-bond acceptors (Lipinski definition) is 1. The summed E-state index contributed by atoms with van der Waals surface area (Å²) >= 11 is 12.2. The Labute approximate surface area is 113 Å². The third-order valence-corrected chi connectivity index (χ3v) is 2.89. The summed E-state index contributed by atoms with van der Waals surface area (Å²) in [5.41, 5.74) is 1.08. The second-order valence-electron chi connectivity index (χ2n) is 3.87. The van der Waals surface area contributed by atoms with Crippen LogP contribution < -0.4 is 4.74 Å². The maximum absolute atomic E-state index is 6.08. The summed E-state index contributed by atoms with van der Waals surface area (Å²) < 4.78 is 5.11. The molecule has 3 heteroatoms. The van der Waals surface area contributed by atoms with Crippen LogP contribution in [0.5, 0.6) is 5.75 Å². The van der Waals surface area contributed by atoms with E-state index in [2.05, 4.69) is 18.8 Å². The summed E-state index contributed by atoms with van der Waals surface area (Å²) in [5.74, 6) is 7.09. The molecule has 0 N–H and O–H groups in total. The van der Waals surface area contributed by atoms with Crippen molar-refractivity contribution in [3.63, 3.8) is 0 Å². The first kappa shape index (κ1) is 14.2. The van der Waals surface area contributed by atoms with Crippen LogP contribution in [-0.4, -0.2) is 7.11 Å². The van der Waals surface area contributed by atoms with E-state index in [9.17, 15) is 0 Å². The molecule has 0 heterocycles. The summed E-state index contributed by atoms with van der Waals surface area (Å²) in [6.45, 7) is 4.13. The average molecular weight is 271 g/mol. The van der Waals surface area contributed by atoms with Crippen molar-refractivity contribution in [2.24, 2.45) is 5.92 Å². The predicted octanol–water partition coefficient (Wildman–Crippen LogP) is 4.59. The Morgan fingerprint density at radius 2 is 1.88 bits per heavy atom. The largest absolute Gasteiger partial charge is 0.494 e. The van der Waals surface area contributed by atoms with Gasteiger partial charge in [-0.1, -0.05) is 43.0 Å². The first-order valence-corrected chi connectivity index (χ1v) is 6.34. The quantitative estimate of drug-likeness (QED) is 0.730. The van der Waals surface area contributed by atoms with Crippen molar-refractivity contribution in [3.8, 4) is 17.6 Å². The van der Waals surface area contributed by atoms with Crippen molar-refractivity contribution >= 4 is 23.2 Å². The van der Waals surface area contributed by atoms with Gasteiger partial charge in [-0.25, -0.2) is 0 Å². The highest BCUT2D eigenvalue weighted by Crippen LogP contribution is 2.34. The van der Waals surface area contributed by atoms with E-state index in [1.807, 2.05) is 19.1 Å². The molecule has 0 spiro atoms. The molecule has 1 rings (SSSR count). The third kappa shape index (κ3) is 4.15. The Kier molecular flexibility index (Phi) is 5.68. The summed E-state index contributed by atoms with van der Waals surface area (Å²) in [7, 11) is 1.56. The van der Waals surface area contributed by atoms with Gasteiger partial charge in [0.1, 0.15) is 0 Å². The van der Waals surface area contributed by atoms with E-state index in [-0.39, 0.29) is 0 Å². The molecule has 0 saturated heterocycles. The molecule has 1 unspecified atom stereocenters. The standard InChI is InChI=1S/C14H16Cl2O/c1-4-5-6-10(2)7-11-8-12(15)14(17-3)13(16)9-11/h8-10H,4,7H2,1-3H3. The van der Waals surface area contributed by atoms with Gasteiger partial charge in [-0.3, -0.25) is 0 Å². The lowest BCUT2D eigenvalue weighted by Gasteiger charge is -2.10. The van der Waals surface area contributed by atoms with Crippen LogP contribution in [0.15, 0.2) is 12.1 Å². The molecule has 1 nitrogen and oxygen atoms in total. The van der Waals surface area contributed by atoms with Crippen LogP contribution in [0.2, 0.25) is 10.0 Å². The Morgan fingerprint density at radius 1 is 1.29 bits per heavy atom. The maximum atomic E-state index is 6.08. The van der Waals surface area contributed by atoms with Crippen molar-refractivity contribution in [1.29, 1.82) is 0 Å². The Hall–Kier alpha value is -0.840. The van der Waals surface area contributed by atoms with E-state index in [0.29, 0.717) is 21.7 Å². The van der Waals surface area contributed by atoms with Crippen molar-refractivity contribution in [2.45, 2.75) is 26.7 Å². The summed E-state index contributed by atoms with van der Waals surface area (Å²) in [6, 6.07) is 3.77. The van der Waals surface area contributed by atoms with Gasteiger partial charge in [0.05, 0.1) is 17.2 Å². The molecule has 0 bridgehead atoms. The fraction of sp³-hybridized carbons (Fsp3) is 0.429. The molecule has 17 heavy (non-hydrogen) atoms. The minimum absolute atomic E-state index is 0.301. The van der Waals surface area contributed by atoms with E-state index in [4.69, 9.17) is 27.9 Å². The summed E-state index contributed by atoms with van der Waals surface area (Å²) in [6.07, 6.45) is 1.73. The van der Waals surface area contributed by atoms with Crippen LogP contribution in [0.1, 0.15) is 25.8 Å². The minimum atomic E-state index is 0.301. The SMILES string of the molecule is CCC#CC(C)Cc1cc(Cl)c(OC)c(Cl)c1. The Bertz CT molecular complexity index is 420. The molecule has 0 aromatic heterocycles. The van der Waals surface area contributed by atoms with E-state index in [0.717, 1.165) is 18.4 Å². The van der Waals surface area contributed by atoms with Gasteiger partial charge in [-0.15, -0.1) is 5.92 Å². The zero-order valence-corrected chi connectivity index (χ0v) is 11.8. The molecule has 0 aliphatic heterocycles. The highest BCUT2D eigenvalue weighted by atomic mass is 35.5. The molecular weight excluding hydrogens is 255 g/mol. The number of rotatable bonds is 3. The van der Waals surface area contributed by atoms with Gasteiger partial charge in [-0.05, 0) is 24.1 Å². The van der Waals surface area contributed by atoms with Crippen molar-refractivity contribution in [2.75, 3.05) is 7.11 Å². The molecule has 0 saturated carbocycles. The van der Waals surface area contributed by atoms with Crippen LogP contribution >= 0.6 is 23.2 Å². The molecule has 0 radical (unpaired) electrons. The molecule has 1 atom stereocenters. The first-order chi connectivity index (χ1) is 8.08. The highest BCUT2D eigenvalue weighted by molar-refractivity contribution is 6.37. The van der Waals surface area contributed by atoms with E-state index in [1.165, 1.54) is 0 Å². The Morgan fingerprint density at radius 3 is 2.35 bits per heavy atom. The van der Waals surface area contributed by atoms with Crippen molar-refractivity contribution in [3.05, 3.63) is 27.7 Å². The average Bonchev–Trinajstić information content (AvgIpc) is 2.26. The van der Waals surface area contributed by atoms with E-state index >= 15 is 0 Å². The fourth-order valence-corrected chi connectivity index (χ4v) is 2.29. The smallest absolute Gasteiger partial charge is 0.156 e. The van der Waals surface area contributed by atoms with Gasteiger partial charge in [0.2, 0.25) is 0 Å². The van der Waals surface area contributed by atoms with Gasteiger partial charge >= 0.3 is 0 Å². The van der Waals surface area contributed by atoms with E-state index < -0.39 is 0 Å². The molecule has 1 aromatic rings. The van der Waals surface area contributed by atoms with Crippen LogP contribution in [0.25, 0.3) is 0 Å². The molecule has 1 aromatic carbocycles. The van der Waals surface area contributed by atoms with Crippen LogP contribution in [0.4, 0.5) is 0 Å². The van der Waals surface area contributed by atoms with Crippen LogP contribution in [-0.2, 0) is 6.42 Å². The zero-order valence-electron chi connectivity index (χ0n) is 10.3. The first-order valence-electron chi connectivity index (χ1n) is 5.58. The minimum Gasteiger partial charge on any atom is -0.494 e. The number of ether oxygens (including phenoxy) is 1. The lowest BCUT2D eigenvalue weighted by Crippen LogP contribution is -1.97. The maximum Gasteiger partial charge on any atom is 0.156 e. The molecular formula is C14H16Cl2O. The molecule has 0 aliphatic carbocycles. The summed E-state index contributed by atoms with van der Waals surface area (Å²) in [4.78, 5) is 0. The second-order valence-corrected chi connectivity index (χ2v) is 4.69. The van der Waals surface area contributed by atoms with Gasteiger partial charge in [-0.2, -0.15) is 0 Å². The number of hydrogen-bond donors (Lipinski definition) is 0. The summed E-state index contributed by atoms with van der Waals surface area (Å²) in [5, 5.41) is 1.09. The topological polar surface area (TPSA) is 9.23 Å². The van der Waals surface area contributed by atoms with Gasteiger partial charge in [0.15, 0.2) is 5.75 Å². The van der Waals surface area contributed by atoms with Gasteiger partial charge < -0.3 is 4.74 Å². The second kappa shape index (κ2) is 6.79. The zero-order chi connectivity index (χ0) is 12.8. The Balaban J connectivity index is 2.86. The van der Waals surface area contributed by atoms with Crippen molar-refractivity contribution in [1.82, 2.24) is 0 Å².